The number of nitrogens with zero attached hydrogens (tertiary/aromatic N) is 1. The fraction of sp³-hybridized carbons (Fsp3) is 0.647. The van der Waals surface area contributed by atoms with E-state index < -0.39 is 0 Å². The first kappa shape index (κ1) is 14.5. The lowest BCUT2D eigenvalue weighted by Crippen LogP contribution is -2.55. The maximum absolute atomic E-state index is 3.73. The highest BCUT2D eigenvalue weighted by molar-refractivity contribution is 5.14. The van der Waals surface area contributed by atoms with Crippen molar-refractivity contribution in [1.29, 1.82) is 0 Å². The Morgan fingerprint density at radius 1 is 1.11 bits per heavy atom. The fourth-order valence-corrected chi connectivity index (χ4v) is 3.10. The van der Waals surface area contributed by atoms with Crippen molar-refractivity contribution in [3.05, 3.63) is 35.9 Å². The molecular weight excluding hydrogens is 232 g/mol. The SMILES string of the molecule is CCC[C@@H]1CN(Cc2ccccc2)[C@@H](CCC)CN1. The normalized spacial score (nSPS) is 24.5. The molecule has 1 fully saturated rings. The molecular formula is C17H28N2. The molecule has 1 aromatic rings. The highest BCUT2D eigenvalue weighted by Gasteiger charge is 2.26. The van der Waals surface area contributed by atoms with Crippen molar-refractivity contribution in [3.8, 4) is 0 Å². The minimum Gasteiger partial charge on any atom is -0.311 e. The maximum atomic E-state index is 3.73. The van der Waals surface area contributed by atoms with E-state index in [9.17, 15) is 0 Å². The summed E-state index contributed by atoms with van der Waals surface area (Å²) in [6.07, 6.45) is 5.15. The van der Waals surface area contributed by atoms with Gasteiger partial charge >= 0.3 is 0 Å². The van der Waals surface area contributed by atoms with Gasteiger partial charge in [0.2, 0.25) is 0 Å². The van der Waals surface area contributed by atoms with E-state index in [0.717, 1.165) is 13.1 Å². The average Bonchev–Trinajstić information content (AvgIpc) is 2.43. The summed E-state index contributed by atoms with van der Waals surface area (Å²) in [5.74, 6) is 0. The number of hydrogen-bond donors (Lipinski definition) is 1. The highest BCUT2D eigenvalue weighted by atomic mass is 15.2. The topological polar surface area (TPSA) is 15.3 Å². The van der Waals surface area contributed by atoms with Crippen LogP contribution in [0.4, 0.5) is 0 Å². The summed E-state index contributed by atoms with van der Waals surface area (Å²) in [7, 11) is 0. The predicted molar refractivity (Wildman–Crippen MR) is 82.2 cm³/mol. The smallest absolute Gasteiger partial charge is 0.0237 e. The second kappa shape index (κ2) is 7.66. The first-order valence-corrected chi connectivity index (χ1v) is 7.84. The largest absolute Gasteiger partial charge is 0.311 e. The Bertz CT molecular complexity index is 350. The van der Waals surface area contributed by atoms with Gasteiger partial charge in [0.05, 0.1) is 0 Å². The molecule has 2 heteroatoms. The van der Waals surface area contributed by atoms with Crippen LogP contribution in [-0.2, 0) is 6.54 Å². The van der Waals surface area contributed by atoms with Gasteiger partial charge in [0.25, 0.3) is 0 Å². The molecule has 2 rings (SSSR count). The van der Waals surface area contributed by atoms with E-state index >= 15 is 0 Å². The van der Waals surface area contributed by atoms with E-state index in [1.54, 1.807) is 0 Å². The first-order chi connectivity index (χ1) is 9.33. The van der Waals surface area contributed by atoms with Crippen LogP contribution in [0.25, 0.3) is 0 Å². The van der Waals surface area contributed by atoms with Gasteiger partial charge in [-0.25, -0.2) is 0 Å². The van der Waals surface area contributed by atoms with E-state index in [2.05, 4.69) is 54.4 Å². The summed E-state index contributed by atoms with van der Waals surface area (Å²) in [6.45, 7) is 8.03. The van der Waals surface area contributed by atoms with Gasteiger partial charge in [-0.3, -0.25) is 4.90 Å². The van der Waals surface area contributed by atoms with Crippen LogP contribution >= 0.6 is 0 Å². The minimum atomic E-state index is 0.682. The van der Waals surface area contributed by atoms with Gasteiger partial charge in [0, 0.05) is 31.7 Å². The summed E-state index contributed by atoms with van der Waals surface area (Å²) in [6, 6.07) is 12.3. The summed E-state index contributed by atoms with van der Waals surface area (Å²) in [5.41, 5.74) is 1.45. The molecule has 0 aliphatic carbocycles. The van der Waals surface area contributed by atoms with Gasteiger partial charge < -0.3 is 5.32 Å². The lowest BCUT2D eigenvalue weighted by molar-refractivity contribution is 0.112. The Labute approximate surface area is 118 Å². The molecule has 2 nitrogen and oxygen atoms in total. The molecule has 0 amide bonds. The van der Waals surface area contributed by atoms with Crippen LogP contribution in [0.15, 0.2) is 30.3 Å². The predicted octanol–water partition coefficient (Wildman–Crippen LogP) is 3.43. The third-order valence-electron chi connectivity index (χ3n) is 4.10. The van der Waals surface area contributed by atoms with E-state index in [1.165, 1.54) is 37.8 Å². The van der Waals surface area contributed by atoms with Crippen molar-refractivity contribution in [2.45, 2.75) is 58.2 Å². The van der Waals surface area contributed by atoms with Crippen LogP contribution in [0.3, 0.4) is 0 Å². The lowest BCUT2D eigenvalue weighted by Gasteiger charge is -2.40. The van der Waals surface area contributed by atoms with Crippen molar-refractivity contribution in [1.82, 2.24) is 10.2 Å². The number of piperazine rings is 1. The fourth-order valence-electron chi connectivity index (χ4n) is 3.10. The molecule has 0 radical (unpaired) electrons. The van der Waals surface area contributed by atoms with Crippen LogP contribution in [0, 0.1) is 0 Å². The molecule has 1 aromatic carbocycles. The third kappa shape index (κ3) is 4.32. The molecule has 1 heterocycles. The van der Waals surface area contributed by atoms with Crippen LogP contribution in [0.2, 0.25) is 0 Å². The van der Waals surface area contributed by atoms with E-state index in [1.807, 2.05) is 0 Å². The molecule has 1 N–H and O–H groups in total. The zero-order valence-corrected chi connectivity index (χ0v) is 12.4. The maximum Gasteiger partial charge on any atom is 0.0237 e. The number of rotatable bonds is 6. The molecule has 2 atom stereocenters. The highest BCUT2D eigenvalue weighted by Crippen LogP contribution is 2.17. The minimum absolute atomic E-state index is 0.682. The average molecular weight is 260 g/mol. The molecule has 0 bridgehead atoms. The van der Waals surface area contributed by atoms with E-state index in [-0.39, 0.29) is 0 Å². The van der Waals surface area contributed by atoms with Crippen molar-refractivity contribution in [2.75, 3.05) is 13.1 Å². The van der Waals surface area contributed by atoms with Crippen molar-refractivity contribution < 1.29 is 0 Å². The molecule has 1 aliphatic heterocycles. The molecule has 0 saturated carbocycles. The van der Waals surface area contributed by atoms with E-state index in [0.29, 0.717) is 12.1 Å². The summed E-state index contributed by atoms with van der Waals surface area (Å²) in [5, 5.41) is 3.73. The van der Waals surface area contributed by atoms with Crippen LogP contribution in [0.5, 0.6) is 0 Å². The quantitative estimate of drug-likeness (QED) is 0.843. The lowest BCUT2D eigenvalue weighted by atomic mass is 10.0. The molecule has 1 aliphatic rings. The molecule has 0 spiro atoms. The van der Waals surface area contributed by atoms with Crippen molar-refractivity contribution in [2.24, 2.45) is 0 Å². The van der Waals surface area contributed by atoms with E-state index in [4.69, 9.17) is 0 Å². The summed E-state index contributed by atoms with van der Waals surface area (Å²) < 4.78 is 0. The van der Waals surface area contributed by atoms with Crippen LogP contribution in [0.1, 0.15) is 45.1 Å². The van der Waals surface area contributed by atoms with Gasteiger partial charge in [-0.2, -0.15) is 0 Å². The molecule has 0 unspecified atom stereocenters. The third-order valence-corrected chi connectivity index (χ3v) is 4.10. The van der Waals surface area contributed by atoms with Crippen LogP contribution < -0.4 is 5.32 Å². The first-order valence-electron chi connectivity index (χ1n) is 7.84. The number of hydrogen-bond acceptors (Lipinski definition) is 2. The second-order valence-corrected chi connectivity index (χ2v) is 5.75. The Kier molecular flexibility index (Phi) is 5.87. The van der Waals surface area contributed by atoms with Gasteiger partial charge in [0.1, 0.15) is 0 Å². The summed E-state index contributed by atoms with van der Waals surface area (Å²) in [4.78, 5) is 2.69. The van der Waals surface area contributed by atoms with Gasteiger partial charge in [-0.15, -0.1) is 0 Å². The monoisotopic (exact) mass is 260 g/mol. The van der Waals surface area contributed by atoms with Crippen LogP contribution in [-0.4, -0.2) is 30.1 Å². The Hall–Kier alpha value is -0.860. The van der Waals surface area contributed by atoms with Gasteiger partial charge in [0.15, 0.2) is 0 Å². The Morgan fingerprint density at radius 3 is 2.53 bits per heavy atom. The molecule has 0 aromatic heterocycles. The van der Waals surface area contributed by atoms with Gasteiger partial charge in [-0.1, -0.05) is 57.0 Å². The zero-order valence-electron chi connectivity index (χ0n) is 12.4. The standard InChI is InChI=1S/C17H28N2/c1-3-8-16-14-19(17(9-4-2)12-18-16)13-15-10-6-5-7-11-15/h5-7,10-11,16-18H,3-4,8-9,12-14H2,1-2H3/t16-,17+/m1/s1. The molecule has 106 valence electrons. The van der Waals surface area contributed by atoms with Gasteiger partial charge in [-0.05, 0) is 18.4 Å². The summed E-state index contributed by atoms with van der Waals surface area (Å²) >= 11 is 0. The second-order valence-electron chi connectivity index (χ2n) is 5.75. The zero-order chi connectivity index (χ0) is 13.5. The number of benzene rings is 1. The Morgan fingerprint density at radius 2 is 1.84 bits per heavy atom. The molecule has 19 heavy (non-hydrogen) atoms. The Balaban J connectivity index is 1.98. The van der Waals surface area contributed by atoms with Crippen molar-refractivity contribution >= 4 is 0 Å². The molecule has 1 saturated heterocycles. The number of nitrogens with one attached hydrogen (secondary N) is 1. The van der Waals surface area contributed by atoms with Crippen molar-refractivity contribution in [3.63, 3.8) is 0 Å².